The Balaban J connectivity index is 3.29. The molecule has 0 aliphatic heterocycles. The number of nitrogens with zero attached hydrogens (tertiary/aromatic N) is 2. The van der Waals surface area contributed by atoms with Gasteiger partial charge in [-0.2, -0.15) is 9.49 Å². The molecule has 0 bridgehead atoms. The number of carbonyl (C=O) groups excluding carboxylic acids is 1. The number of amides is 1. The van der Waals surface area contributed by atoms with Gasteiger partial charge in [0, 0.05) is 12.6 Å². The second-order valence-corrected chi connectivity index (χ2v) is 2.25. The Kier molecular flexibility index (Phi) is 1.64. The molecular formula is C6H8FN3O. The predicted octanol–water partition coefficient (Wildman–Crippen LogP) is -0.0335. The summed E-state index contributed by atoms with van der Waals surface area (Å²) in [5.74, 6) is -1.24. The van der Waals surface area contributed by atoms with Crippen LogP contribution in [0.1, 0.15) is 16.1 Å². The van der Waals surface area contributed by atoms with Gasteiger partial charge >= 0.3 is 0 Å². The van der Waals surface area contributed by atoms with Crippen molar-refractivity contribution in [2.24, 2.45) is 12.8 Å². The zero-order valence-corrected chi connectivity index (χ0v) is 6.26. The topological polar surface area (TPSA) is 60.9 Å². The standard InChI is InChI=1S/C6H8FN3O/c1-3-4(6(8)11)9-10(2)5(3)7/h1-2H3,(H2,8,11). The average molecular weight is 157 g/mol. The van der Waals surface area contributed by atoms with Crippen molar-refractivity contribution in [3.05, 3.63) is 17.2 Å². The molecule has 1 aromatic rings. The van der Waals surface area contributed by atoms with Crippen molar-refractivity contribution in [2.45, 2.75) is 6.92 Å². The second kappa shape index (κ2) is 2.34. The van der Waals surface area contributed by atoms with Gasteiger partial charge in [0.25, 0.3) is 5.91 Å². The summed E-state index contributed by atoms with van der Waals surface area (Å²) in [4.78, 5) is 10.6. The summed E-state index contributed by atoms with van der Waals surface area (Å²) in [7, 11) is 1.41. The van der Waals surface area contributed by atoms with Gasteiger partial charge < -0.3 is 5.73 Å². The summed E-state index contributed by atoms with van der Waals surface area (Å²) < 4.78 is 13.8. The van der Waals surface area contributed by atoms with Crippen LogP contribution in [0, 0.1) is 12.9 Å². The van der Waals surface area contributed by atoms with Crippen LogP contribution in [0.25, 0.3) is 0 Å². The molecule has 0 aliphatic rings. The van der Waals surface area contributed by atoms with E-state index < -0.39 is 11.9 Å². The smallest absolute Gasteiger partial charge is 0.269 e. The number of primary amides is 1. The normalized spacial score (nSPS) is 10.1. The maximum atomic E-state index is 12.8. The molecule has 1 aromatic heterocycles. The number of aromatic nitrogens is 2. The zero-order chi connectivity index (χ0) is 8.59. The van der Waals surface area contributed by atoms with E-state index in [2.05, 4.69) is 5.10 Å². The Labute approximate surface area is 62.8 Å². The monoisotopic (exact) mass is 157 g/mol. The summed E-state index contributed by atoms with van der Waals surface area (Å²) in [6.45, 7) is 1.46. The number of rotatable bonds is 1. The Hall–Kier alpha value is -1.39. The van der Waals surface area contributed by atoms with Crippen molar-refractivity contribution in [1.82, 2.24) is 9.78 Å². The van der Waals surface area contributed by atoms with E-state index in [1.807, 2.05) is 0 Å². The predicted molar refractivity (Wildman–Crippen MR) is 36.4 cm³/mol. The number of carbonyl (C=O) groups is 1. The Morgan fingerprint density at radius 1 is 1.73 bits per heavy atom. The molecule has 1 rings (SSSR count). The lowest BCUT2D eigenvalue weighted by molar-refractivity contribution is 0.0994. The SMILES string of the molecule is Cc1c(C(N)=O)nn(C)c1F. The average Bonchev–Trinajstić information content (AvgIpc) is 2.17. The Morgan fingerprint density at radius 3 is 2.45 bits per heavy atom. The fourth-order valence-electron chi connectivity index (χ4n) is 0.843. The van der Waals surface area contributed by atoms with E-state index in [4.69, 9.17) is 5.73 Å². The van der Waals surface area contributed by atoms with E-state index in [1.54, 1.807) is 0 Å². The first-order chi connectivity index (χ1) is 5.04. The van der Waals surface area contributed by atoms with Crippen molar-refractivity contribution >= 4 is 5.91 Å². The van der Waals surface area contributed by atoms with Gasteiger partial charge in [-0.3, -0.25) is 4.79 Å². The third-order valence-electron chi connectivity index (χ3n) is 1.43. The van der Waals surface area contributed by atoms with E-state index in [0.29, 0.717) is 0 Å². The first-order valence-electron chi connectivity index (χ1n) is 3.03. The molecular weight excluding hydrogens is 149 g/mol. The van der Waals surface area contributed by atoms with Crippen molar-refractivity contribution < 1.29 is 9.18 Å². The zero-order valence-electron chi connectivity index (χ0n) is 6.26. The molecule has 0 atom stereocenters. The van der Waals surface area contributed by atoms with Crippen LogP contribution in [0.15, 0.2) is 0 Å². The number of nitrogens with two attached hydrogens (primary N) is 1. The van der Waals surface area contributed by atoms with E-state index in [1.165, 1.54) is 14.0 Å². The minimum absolute atomic E-state index is 0.00926. The quantitative estimate of drug-likeness (QED) is 0.622. The highest BCUT2D eigenvalue weighted by Crippen LogP contribution is 2.08. The number of aryl methyl sites for hydroxylation is 1. The summed E-state index contributed by atoms with van der Waals surface area (Å²) in [5.41, 5.74) is 5.10. The molecule has 60 valence electrons. The first kappa shape index (κ1) is 7.71. The Bertz CT molecular complexity index is 305. The van der Waals surface area contributed by atoms with Crippen molar-refractivity contribution in [2.75, 3.05) is 0 Å². The number of halogens is 1. The molecule has 0 saturated carbocycles. The molecule has 5 heteroatoms. The third-order valence-corrected chi connectivity index (χ3v) is 1.43. The summed E-state index contributed by atoms with van der Waals surface area (Å²) in [6.07, 6.45) is 0. The molecule has 11 heavy (non-hydrogen) atoms. The van der Waals surface area contributed by atoms with Crippen LogP contribution in [-0.4, -0.2) is 15.7 Å². The van der Waals surface area contributed by atoms with Gasteiger partial charge in [-0.05, 0) is 6.92 Å². The van der Waals surface area contributed by atoms with E-state index in [0.717, 1.165) is 4.68 Å². The minimum Gasteiger partial charge on any atom is -0.364 e. The van der Waals surface area contributed by atoms with Crippen molar-refractivity contribution in [3.63, 3.8) is 0 Å². The maximum Gasteiger partial charge on any atom is 0.269 e. The highest BCUT2D eigenvalue weighted by atomic mass is 19.1. The van der Waals surface area contributed by atoms with E-state index in [9.17, 15) is 9.18 Å². The molecule has 0 unspecified atom stereocenters. The molecule has 1 amide bonds. The summed E-state index contributed by atoms with van der Waals surface area (Å²) >= 11 is 0. The van der Waals surface area contributed by atoms with Gasteiger partial charge in [0.15, 0.2) is 5.69 Å². The molecule has 0 radical (unpaired) electrons. The lowest BCUT2D eigenvalue weighted by Crippen LogP contribution is -2.13. The van der Waals surface area contributed by atoms with Gasteiger partial charge in [0.05, 0.1) is 0 Å². The molecule has 2 N–H and O–H groups in total. The molecule has 0 spiro atoms. The van der Waals surface area contributed by atoms with Gasteiger partial charge in [-0.25, -0.2) is 4.68 Å². The fraction of sp³-hybridized carbons (Fsp3) is 0.333. The van der Waals surface area contributed by atoms with E-state index in [-0.39, 0.29) is 11.3 Å². The highest BCUT2D eigenvalue weighted by Gasteiger charge is 2.15. The van der Waals surface area contributed by atoms with Crippen LogP contribution in [0.5, 0.6) is 0 Å². The molecule has 4 nitrogen and oxygen atoms in total. The molecule has 0 fully saturated rings. The minimum atomic E-state index is -0.706. The fourth-order valence-corrected chi connectivity index (χ4v) is 0.843. The third kappa shape index (κ3) is 1.09. The van der Waals surface area contributed by atoms with E-state index >= 15 is 0 Å². The van der Waals surface area contributed by atoms with Crippen LogP contribution >= 0.6 is 0 Å². The van der Waals surface area contributed by atoms with Crippen LogP contribution in [0.2, 0.25) is 0 Å². The van der Waals surface area contributed by atoms with Crippen LogP contribution in [-0.2, 0) is 7.05 Å². The van der Waals surface area contributed by atoms with Crippen LogP contribution in [0.3, 0.4) is 0 Å². The molecule has 0 aromatic carbocycles. The van der Waals surface area contributed by atoms with Gasteiger partial charge in [0.2, 0.25) is 5.95 Å². The molecule has 0 aliphatic carbocycles. The van der Waals surface area contributed by atoms with Gasteiger partial charge in [-0.15, -0.1) is 0 Å². The van der Waals surface area contributed by atoms with Crippen LogP contribution < -0.4 is 5.73 Å². The van der Waals surface area contributed by atoms with Gasteiger partial charge in [-0.1, -0.05) is 0 Å². The van der Waals surface area contributed by atoms with Crippen molar-refractivity contribution in [1.29, 1.82) is 0 Å². The number of hydrogen-bond acceptors (Lipinski definition) is 2. The highest BCUT2D eigenvalue weighted by molar-refractivity contribution is 5.92. The maximum absolute atomic E-state index is 12.8. The second-order valence-electron chi connectivity index (χ2n) is 2.25. The largest absolute Gasteiger partial charge is 0.364 e. The summed E-state index contributed by atoms with van der Waals surface area (Å²) in [5, 5.41) is 3.58. The number of hydrogen-bond donors (Lipinski definition) is 1. The molecule has 0 saturated heterocycles. The van der Waals surface area contributed by atoms with Crippen LogP contribution in [0.4, 0.5) is 4.39 Å². The lowest BCUT2D eigenvalue weighted by atomic mass is 10.3. The van der Waals surface area contributed by atoms with Crippen molar-refractivity contribution in [3.8, 4) is 0 Å². The lowest BCUT2D eigenvalue weighted by Gasteiger charge is -1.86. The first-order valence-corrected chi connectivity index (χ1v) is 3.03. The summed E-state index contributed by atoms with van der Waals surface area (Å²) in [6, 6.07) is 0. The Morgan fingerprint density at radius 2 is 2.27 bits per heavy atom. The van der Waals surface area contributed by atoms with Gasteiger partial charge in [0.1, 0.15) is 0 Å². The molecule has 1 heterocycles.